The fraction of sp³-hybridized carbons (Fsp3) is 0.300. The first-order chi connectivity index (χ1) is 6.74. The quantitative estimate of drug-likeness (QED) is 0.555. The van der Waals surface area contributed by atoms with Gasteiger partial charge in [-0.25, -0.2) is 0 Å². The Balaban J connectivity index is 2.55. The lowest BCUT2D eigenvalue weighted by atomic mass is 10.2. The first kappa shape index (κ1) is 11.0. The SMILES string of the molecule is CCO[P+](=O)CC(=O)c1ccccc1. The molecule has 0 amide bonds. The second-order valence-corrected chi connectivity index (χ2v) is 3.94. The lowest BCUT2D eigenvalue weighted by Crippen LogP contribution is -2.02. The second kappa shape index (κ2) is 5.63. The number of rotatable bonds is 5. The van der Waals surface area contributed by atoms with E-state index in [1.54, 1.807) is 31.2 Å². The fourth-order valence-corrected chi connectivity index (χ4v) is 1.82. The number of carbonyl (C=O) groups excluding carboxylic acids is 1. The molecule has 0 fully saturated rings. The Morgan fingerprint density at radius 3 is 2.57 bits per heavy atom. The molecule has 0 aliphatic heterocycles. The van der Waals surface area contributed by atoms with Crippen LogP contribution in [0, 0.1) is 0 Å². The standard InChI is InChI=1S/C10H12O3P/c1-2-13-14(12)8-10(11)9-6-4-3-5-7-9/h3-7H,2,8H2,1H3/q+1. The molecule has 0 spiro atoms. The van der Waals surface area contributed by atoms with Gasteiger partial charge in [0, 0.05) is 5.56 Å². The number of benzene rings is 1. The summed E-state index contributed by atoms with van der Waals surface area (Å²) in [5.41, 5.74) is 0.579. The maximum absolute atomic E-state index is 11.5. The molecular weight excluding hydrogens is 199 g/mol. The molecule has 3 nitrogen and oxygen atoms in total. The highest BCUT2D eigenvalue weighted by Crippen LogP contribution is 2.22. The second-order valence-electron chi connectivity index (χ2n) is 2.70. The van der Waals surface area contributed by atoms with Crippen LogP contribution >= 0.6 is 8.03 Å². The largest absolute Gasteiger partial charge is 0.516 e. The minimum absolute atomic E-state index is 0.0345. The zero-order valence-electron chi connectivity index (χ0n) is 7.97. The van der Waals surface area contributed by atoms with Crippen molar-refractivity contribution in [3.63, 3.8) is 0 Å². The molecular formula is C10H12O3P+. The predicted octanol–water partition coefficient (Wildman–Crippen LogP) is 2.65. The Bertz CT molecular complexity index is 321. The van der Waals surface area contributed by atoms with E-state index in [2.05, 4.69) is 0 Å². The van der Waals surface area contributed by atoms with Crippen LogP contribution in [0.25, 0.3) is 0 Å². The van der Waals surface area contributed by atoms with Crippen LogP contribution in [0.5, 0.6) is 0 Å². The van der Waals surface area contributed by atoms with E-state index in [4.69, 9.17) is 4.52 Å². The van der Waals surface area contributed by atoms with E-state index in [0.717, 1.165) is 0 Å². The summed E-state index contributed by atoms with van der Waals surface area (Å²) >= 11 is 0. The van der Waals surface area contributed by atoms with E-state index >= 15 is 0 Å². The molecule has 0 saturated heterocycles. The van der Waals surface area contributed by atoms with Gasteiger partial charge in [-0.05, 0) is 11.5 Å². The van der Waals surface area contributed by atoms with Gasteiger partial charge in [-0.2, -0.15) is 0 Å². The summed E-state index contributed by atoms with van der Waals surface area (Å²) in [5.74, 6) is -0.139. The minimum Gasteiger partial charge on any atom is -0.289 e. The summed E-state index contributed by atoms with van der Waals surface area (Å²) in [6, 6.07) is 8.80. The van der Waals surface area contributed by atoms with E-state index in [1.807, 2.05) is 6.07 Å². The summed E-state index contributed by atoms with van der Waals surface area (Å²) in [6.45, 7) is 2.12. The van der Waals surface area contributed by atoms with Crippen LogP contribution in [-0.2, 0) is 9.09 Å². The highest BCUT2D eigenvalue weighted by atomic mass is 31.1. The van der Waals surface area contributed by atoms with Crippen LogP contribution < -0.4 is 0 Å². The Labute approximate surface area is 84.0 Å². The van der Waals surface area contributed by atoms with Gasteiger partial charge in [0.15, 0.2) is 0 Å². The first-order valence-corrected chi connectivity index (χ1v) is 5.76. The maximum Gasteiger partial charge on any atom is 0.516 e. The Hall–Kier alpha value is -1.05. The molecule has 0 bridgehead atoms. The van der Waals surface area contributed by atoms with Crippen molar-refractivity contribution in [3.8, 4) is 0 Å². The van der Waals surface area contributed by atoms with E-state index in [-0.39, 0.29) is 11.9 Å². The molecule has 0 aromatic heterocycles. The van der Waals surface area contributed by atoms with E-state index in [1.165, 1.54) is 0 Å². The van der Waals surface area contributed by atoms with Gasteiger partial charge in [-0.15, -0.1) is 4.52 Å². The van der Waals surface area contributed by atoms with Crippen LogP contribution in [0.15, 0.2) is 30.3 Å². The van der Waals surface area contributed by atoms with E-state index < -0.39 is 8.03 Å². The zero-order chi connectivity index (χ0) is 10.4. The van der Waals surface area contributed by atoms with Crippen LogP contribution in [-0.4, -0.2) is 18.6 Å². The third kappa shape index (κ3) is 3.36. The third-order valence-electron chi connectivity index (χ3n) is 1.64. The van der Waals surface area contributed by atoms with Crippen LogP contribution in [0.3, 0.4) is 0 Å². The van der Waals surface area contributed by atoms with Crippen LogP contribution in [0.2, 0.25) is 0 Å². The van der Waals surface area contributed by atoms with Crippen molar-refractivity contribution >= 4 is 13.8 Å². The normalized spacial score (nSPS) is 11.1. The summed E-state index contributed by atoms with van der Waals surface area (Å²) in [6.07, 6.45) is -0.0345. The molecule has 0 aliphatic carbocycles. The minimum atomic E-state index is -1.84. The maximum atomic E-state index is 11.5. The van der Waals surface area contributed by atoms with Crippen LogP contribution in [0.1, 0.15) is 17.3 Å². The molecule has 4 heteroatoms. The van der Waals surface area contributed by atoms with Gasteiger partial charge < -0.3 is 0 Å². The Morgan fingerprint density at radius 2 is 2.00 bits per heavy atom. The van der Waals surface area contributed by atoms with Crippen molar-refractivity contribution in [1.82, 2.24) is 0 Å². The first-order valence-electron chi connectivity index (χ1n) is 4.40. The predicted molar refractivity (Wildman–Crippen MR) is 54.9 cm³/mol. The molecule has 0 aliphatic rings. The smallest absolute Gasteiger partial charge is 0.289 e. The molecule has 0 radical (unpaired) electrons. The van der Waals surface area contributed by atoms with Gasteiger partial charge >= 0.3 is 8.03 Å². The molecule has 14 heavy (non-hydrogen) atoms. The lowest BCUT2D eigenvalue weighted by Gasteiger charge is -1.92. The van der Waals surface area contributed by atoms with Crippen molar-refractivity contribution in [2.24, 2.45) is 0 Å². The summed E-state index contributed by atoms with van der Waals surface area (Å²) in [4.78, 5) is 11.5. The van der Waals surface area contributed by atoms with Crippen molar-refractivity contribution in [2.45, 2.75) is 6.92 Å². The van der Waals surface area contributed by atoms with Crippen molar-refractivity contribution in [2.75, 3.05) is 12.8 Å². The van der Waals surface area contributed by atoms with Gasteiger partial charge in [0.05, 0.1) is 6.61 Å². The summed E-state index contributed by atoms with van der Waals surface area (Å²) < 4.78 is 16.0. The number of hydrogen-bond acceptors (Lipinski definition) is 3. The molecule has 0 saturated carbocycles. The van der Waals surface area contributed by atoms with Gasteiger partial charge in [0.2, 0.25) is 11.9 Å². The number of hydrogen-bond donors (Lipinski definition) is 0. The molecule has 1 rings (SSSR count). The van der Waals surface area contributed by atoms with Crippen molar-refractivity contribution in [1.29, 1.82) is 0 Å². The van der Waals surface area contributed by atoms with E-state index in [9.17, 15) is 9.36 Å². The average Bonchev–Trinajstić information content (AvgIpc) is 2.19. The van der Waals surface area contributed by atoms with E-state index in [0.29, 0.717) is 12.2 Å². The monoisotopic (exact) mass is 211 g/mol. The molecule has 1 atom stereocenters. The molecule has 0 N–H and O–H groups in total. The topological polar surface area (TPSA) is 43.4 Å². The molecule has 74 valence electrons. The van der Waals surface area contributed by atoms with Crippen LogP contribution in [0.4, 0.5) is 0 Å². The number of carbonyl (C=O) groups is 1. The van der Waals surface area contributed by atoms with Crippen molar-refractivity contribution < 1.29 is 13.9 Å². The summed E-state index contributed by atoms with van der Waals surface area (Å²) in [7, 11) is -1.84. The van der Waals surface area contributed by atoms with Gasteiger partial charge in [0.25, 0.3) is 0 Å². The highest BCUT2D eigenvalue weighted by Gasteiger charge is 2.22. The van der Waals surface area contributed by atoms with Gasteiger partial charge in [-0.1, -0.05) is 30.3 Å². The van der Waals surface area contributed by atoms with Gasteiger partial charge in [-0.3, -0.25) is 4.79 Å². The third-order valence-corrected chi connectivity index (χ3v) is 2.73. The molecule has 1 unspecified atom stereocenters. The number of ketones is 1. The van der Waals surface area contributed by atoms with Gasteiger partial charge in [0.1, 0.15) is 0 Å². The lowest BCUT2D eigenvalue weighted by molar-refractivity contribution is 0.101. The van der Waals surface area contributed by atoms with Crippen molar-refractivity contribution in [3.05, 3.63) is 35.9 Å². The highest BCUT2D eigenvalue weighted by molar-refractivity contribution is 7.40. The molecule has 1 aromatic carbocycles. The Morgan fingerprint density at radius 1 is 1.36 bits per heavy atom. The number of Topliss-reactive ketones (excluding diaryl/α,β-unsaturated/α-hetero) is 1. The fourth-order valence-electron chi connectivity index (χ4n) is 1.02. The summed E-state index contributed by atoms with van der Waals surface area (Å²) in [5, 5.41) is 0. The molecule has 0 heterocycles. The average molecular weight is 211 g/mol. The zero-order valence-corrected chi connectivity index (χ0v) is 8.87. The Kier molecular flexibility index (Phi) is 4.44. The molecule has 1 aromatic rings.